The molecule has 3 aromatic rings. The molecule has 0 aliphatic carbocycles. The van der Waals surface area contributed by atoms with Crippen LogP contribution in [0.5, 0.6) is 0 Å². The Morgan fingerprint density at radius 2 is 2.14 bits per heavy atom. The van der Waals surface area contributed by atoms with E-state index < -0.39 is 0 Å². The Morgan fingerprint density at radius 3 is 2.91 bits per heavy atom. The summed E-state index contributed by atoms with van der Waals surface area (Å²) >= 11 is 0. The van der Waals surface area contributed by atoms with Crippen molar-refractivity contribution in [2.45, 2.75) is 13.5 Å². The van der Waals surface area contributed by atoms with Crippen LogP contribution in [0.2, 0.25) is 0 Å². The molecular formula is C16H16N4O2. The van der Waals surface area contributed by atoms with E-state index >= 15 is 0 Å². The molecule has 0 unspecified atom stereocenters. The lowest BCUT2D eigenvalue weighted by Crippen LogP contribution is -2.13. The summed E-state index contributed by atoms with van der Waals surface area (Å²) in [6.45, 7) is 1.83. The zero-order valence-electron chi connectivity index (χ0n) is 12.4. The Balaban J connectivity index is 1.89. The average Bonchev–Trinajstić information content (AvgIpc) is 2.90. The fourth-order valence-electron chi connectivity index (χ4n) is 2.24. The summed E-state index contributed by atoms with van der Waals surface area (Å²) in [5, 5.41) is 12.0. The maximum absolute atomic E-state index is 12.4. The number of carbonyl (C=O) groups excluding carboxylic acids is 1. The highest BCUT2D eigenvalue weighted by Gasteiger charge is 2.11. The lowest BCUT2D eigenvalue weighted by molar-refractivity contribution is 0.102. The first-order valence-electron chi connectivity index (χ1n) is 6.87. The molecule has 2 N–H and O–H groups in total. The van der Waals surface area contributed by atoms with Gasteiger partial charge >= 0.3 is 0 Å². The third-order valence-corrected chi connectivity index (χ3v) is 3.55. The fraction of sp³-hybridized carbons (Fsp3) is 0.188. The van der Waals surface area contributed by atoms with Gasteiger partial charge in [0.05, 0.1) is 18.5 Å². The van der Waals surface area contributed by atoms with Gasteiger partial charge in [-0.25, -0.2) is 9.97 Å². The van der Waals surface area contributed by atoms with Crippen LogP contribution in [0.25, 0.3) is 11.2 Å². The van der Waals surface area contributed by atoms with E-state index in [1.807, 2.05) is 26.1 Å². The second-order valence-corrected chi connectivity index (χ2v) is 5.18. The van der Waals surface area contributed by atoms with Gasteiger partial charge in [-0.3, -0.25) is 4.79 Å². The smallest absolute Gasteiger partial charge is 0.257 e. The number of rotatable bonds is 3. The van der Waals surface area contributed by atoms with Crippen molar-refractivity contribution in [3.05, 3.63) is 53.5 Å². The van der Waals surface area contributed by atoms with E-state index in [1.165, 1.54) is 6.20 Å². The lowest BCUT2D eigenvalue weighted by atomic mass is 10.1. The molecule has 6 heteroatoms. The minimum absolute atomic E-state index is 0.0649. The van der Waals surface area contributed by atoms with E-state index in [0.29, 0.717) is 16.8 Å². The minimum Gasteiger partial charge on any atom is -0.392 e. The van der Waals surface area contributed by atoms with E-state index in [1.54, 1.807) is 23.0 Å². The molecule has 2 heterocycles. The van der Waals surface area contributed by atoms with Gasteiger partial charge in [0.15, 0.2) is 5.65 Å². The van der Waals surface area contributed by atoms with Crippen LogP contribution in [0.1, 0.15) is 21.5 Å². The van der Waals surface area contributed by atoms with E-state index in [9.17, 15) is 9.90 Å². The van der Waals surface area contributed by atoms with Gasteiger partial charge in [-0.1, -0.05) is 12.1 Å². The standard InChI is InChI=1S/C16H16N4O2/c1-10-3-4-11(8-21)5-13(10)19-16(22)12-6-14-15(17-7-12)20(2)9-18-14/h3-7,9,21H,8H2,1-2H3,(H,19,22). The van der Waals surface area contributed by atoms with Crippen LogP contribution in [0, 0.1) is 6.92 Å². The highest BCUT2D eigenvalue weighted by atomic mass is 16.3. The molecule has 2 aromatic heterocycles. The number of pyridine rings is 1. The first-order valence-corrected chi connectivity index (χ1v) is 6.87. The number of nitrogens with one attached hydrogen (secondary N) is 1. The molecular weight excluding hydrogens is 280 g/mol. The highest BCUT2D eigenvalue weighted by Crippen LogP contribution is 2.19. The molecule has 22 heavy (non-hydrogen) atoms. The third kappa shape index (κ3) is 2.56. The Kier molecular flexibility index (Phi) is 3.60. The van der Waals surface area contributed by atoms with Gasteiger partial charge in [-0.05, 0) is 30.2 Å². The van der Waals surface area contributed by atoms with Gasteiger partial charge in [0.1, 0.15) is 5.52 Å². The second-order valence-electron chi connectivity index (χ2n) is 5.18. The predicted octanol–water partition coefficient (Wildman–Crippen LogP) is 2.02. The first kappa shape index (κ1) is 14.2. The number of hydrogen-bond donors (Lipinski definition) is 2. The van der Waals surface area contributed by atoms with Crippen molar-refractivity contribution in [2.24, 2.45) is 7.05 Å². The number of aliphatic hydroxyl groups is 1. The quantitative estimate of drug-likeness (QED) is 0.775. The van der Waals surface area contributed by atoms with Gasteiger partial charge in [-0.2, -0.15) is 0 Å². The maximum atomic E-state index is 12.4. The molecule has 0 spiro atoms. The summed E-state index contributed by atoms with van der Waals surface area (Å²) in [7, 11) is 1.85. The molecule has 6 nitrogen and oxygen atoms in total. The molecule has 1 aromatic carbocycles. The van der Waals surface area contributed by atoms with Crippen molar-refractivity contribution in [3.8, 4) is 0 Å². The molecule has 0 aliphatic heterocycles. The van der Waals surface area contributed by atoms with Crippen LogP contribution in [-0.4, -0.2) is 25.5 Å². The summed E-state index contributed by atoms with van der Waals surface area (Å²) in [6, 6.07) is 7.16. The Bertz CT molecular complexity index is 854. The number of aromatic nitrogens is 3. The Morgan fingerprint density at radius 1 is 1.32 bits per heavy atom. The number of amides is 1. The van der Waals surface area contributed by atoms with E-state index in [-0.39, 0.29) is 12.5 Å². The molecule has 0 saturated heterocycles. The number of benzene rings is 1. The number of imidazole rings is 1. The summed E-state index contributed by atoms with van der Waals surface area (Å²) in [6.07, 6.45) is 3.19. The second kappa shape index (κ2) is 5.57. The fourth-order valence-corrected chi connectivity index (χ4v) is 2.24. The Labute approximate surface area is 127 Å². The van der Waals surface area contributed by atoms with Crippen molar-refractivity contribution in [1.82, 2.24) is 14.5 Å². The zero-order valence-corrected chi connectivity index (χ0v) is 12.4. The summed E-state index contributed by atoms with van der Waals surface area (Å²) in [4.78, 5) is 20.8. The number of fused-ring (bicyclic) bond motifs is 1. The molecule has 0 aliphatic rings. The summed E-state index contributed by atoms with van der Waals surface area (Å²) in [5.74, 6) is -0.252. The Hall–Kier alpha value is -2.73. The molecule has 0 atom stereocenters. The van der Waals surface area contributed by atoms with E-state index in [2.05, 4.69) is 15.3 Å². The predicted molar refractivity (Wildman–Crippen MR) is 83.6 cm³/mol. The van der Waals surface area contributed by atoms with Gasteiger partial charge in [-0.15, -0.1) is 0 Å². The van der Waals surface area contributed by atoms with Crippen LogP contribution in [0.15, 0.2) is 36.8 Å². The number of anilines is 1. The molecule has 1 amide bonds. The van der Waals surface area contributed by atoms with Crippen LogP contribution >= 0.6 is 0 Å². The third-order valence-electron chi connectivity index (χ3n) is 3.55. The molecule has 3 rings (SSSR count). The number of hydrogen-bond acceptors (Lipinski definition) is 4. The number of nitrogens with zero attached hydrogens (tertiary/aromatic N) is 3. The molecule has 0 fully saturated rings. The SMILES string of the molecule is Cc1ccc(CO)cc1NC(=O)c1cnc2c(c1)ncn2C. The van der Waals surface area contributed by atoms with Gasteiger partial charge in [0.2, 0.25) is 0 Å². The molecule has 112 valence electrons. The highest BCUT2D eigenvalue weighted by molar-refractivity contribution is 6.05. The monoisotopic (exact) mass is 296 g/mol. The summed E-state index contributed by atoms with van der Waals surface area (Å²) < 4.78 is 1.80. The van der Waals surface area contributed by atoms with Crippen molar-refractivity contribution in [3.63, 3.8) is 0 Å². The van der Waals surface area contributed by atoms with Crippen LogP contribution in [0.4, 0.5) is 5.69 Å². The average molecular weight is 296 g/mol. The van der Waals surface area contributed by atoms with Gasteiger partial charge in [0.25, 0.3) is 5.91 Å². The number of carbonyl (C=O) groups is 1. The van der Waals surface area contributed by atoms with Crippen LogP contribution in [-0.2, 0) is 13.7 Å². The van der Waals surface area contributed by atoms with Gasteiger partial charge in [0, 0.05) is 18.9 Å². The van der Waals surface area contributed by atoms with Crippen molar-refractivity contribution < 1.29 is 9.90 Å². The number of aryl methyl sites for hydroxylation is 2. The van der Waals surface area contributed by atoms with Crippen LogP contribution in [0.3, 0.4) is 0 Å². The van der Waals surface area contributed by atoms with Crippen molar-refractivity contribution >= 4 is 22.8 Å². The molecule has 0 bridgehead atoms. The lowest BCUT2D eigenvalue weighted by Gasteiger charge is -2.10. The van der Waals surface area contributed by atoms with Crippen molar-refractivity contribution in [1.29, 1.82) is 0 Å². The minimum atomic E-state index is -0.252. The number of aliphatic hydroxyl groups excluding tert-OH is 1. The van der Waals surface area contributed by atoms with E-state index in [0.717, 1.165) is 16.8 Å². The normalized spacial score (nSPS) is 10.9. The van der Waals surface area contributed by atoms with Crippen molar-refractivity contribution in [2.75, 3.05) is 5.32 Å². The van der Waals surface area contributed by atoms with Crippen LogP contribution < -0.4 is 5.32 Å². The largest absolute Gasteiger partial charge is 0.392 e. The maximum Gasteiger partial charge on any atom is 0.257 e. The van der Waals surface area contributed by atoms with Gasteiger partial charge < -0.3 is 15.0 Å². The zero-order chi connectivity index (χ0) is 15.7. The topological polar surface area (TPSA) is 80.0 Å². The summed E-state index contributed by atoms with van der Waals surface area (Å²) in [5.41, 5.74) is 4.21. The first-order chi connectivity index (χ1) is 10.6. The molecule has 0 saturated carbocycles. The van der Waals surface area contributed by atoms with E-state index in [4.69, 9.17) is 0 Å². The molecule has 0 radical (unpaired) electrons.